The van der Waals surface area contributed by atoms with E-state index in [9.17, 15) is 0 Å². The van der Waals surface area contributed by atoms with Gasteiger partial charge in [-0.05, 0) is 26.8 Å². The molecule has 0 amide bonds. The average Bonchev–Trinajstić information content (AvgIpc) is 2.29. The number of likely N-dealkylation sites (N-methyl/N-ethyl adjacent to an activating group) is 1. The minimum atomic E-state index is 0.296. The van der Waals surface area contributed by atoms with Crippen molar-refractivity contribution in [3.8, 4) is 0 Å². The van der Waals surface area contributed by atoms with Crippen LogP contribution in [0.25, 0.3) is 0 Å². The number of nitrogens with one attached hydrogen (secondary N) is 1. The first-order valence-corrected chi connectivity index (χ1v) is 7.10. The first-order valence-electron chi connectivity index (χ1n) is 7.10. The molecule has 0 aromatic heterocycles. The lowest BCUT2D eigenvalue weighted by Crippen LogP contribution is -2.57. The van der Waals surface area contributed by atoms with Crippen molar-refractivity contribution < 1.29 is 0 Å². The summed E-state index contributed by atoms with van der Waals surface area (Å²) in [7, 11) is 2.26. The Kier molecular flexibility index (Phi) is 5.90. The van der Waals surface area contributed by atoms with Gasteiger partial charge in [0.1, 0.15) is 0 Å². The topological polar surface area (TPSA) is 18.5 Å². The van der Waals surface area contributed by atoms with Crippen LogP contribution >= 0.6 is 0 Å². The SMILES string of the molecule is CCC(C)CN(C)CC(C)(C)N1CCNCC1. The van der Waals surface area contributed by atoms with Crippen molar-refractivity contribution in [3.63, 3.8) is 0 Å². The first-order chi connectivity index (χ1) is 7.95. The largest absolute Gasteiger partial charge is 0.314 e. The molecule has 1 fully saturated rings. The van der Waals surface area contributed by atoms with Crippen molar-refractivity contribution in [1.82, 2.24) is 15.1 Å². The second-order valence-corrected chi connectivity index (χ2v) is 6.26. The molecule has 1 aliphatic rings. The Morgan fingerprint density at radius 1 is 1.29 bits per heavy atom. The monoisotopic (exact) mass is 241 g/mol. The fraction of sp³-hybridized carbons (Fsp3) is 1.00. The van der Waals surface area contributed by atoms with Gasteiger partial charge in [0.05, 0.1) is 0 Å². The molecule has 1 aliphatic heterocycles. The van der Waals surface area contributed by atoms with E-state index in [4.69, 9.17) is 0 Å². The number of hydrogen-bond acceptors (Lipinski definition) is 3. The van der Waals surface area contributed by atoms with Gasteiger partial charge in [-0.25, -0.2) is 0 Å². The summed E-state index contributed by atoms with van der Waals surface area (Å²) in [5.41, 5.74) is 0.296. The zero-order valence-corrected chi connectivity index (χ0v) is 12.4. The fourth-order valence-corrected chi connectivity index (χ4v) is 2.76. The molecule has 0 aromatic carbocycles. The maximum Gasteiger partial charge on any atom is 0.0281 e. The second kappa shape index (κ2) is 6.72. The Labute approximate surface area is 108 Å². The number of rotatable bonds is 6. The quantitative estimate of drug-likeness (QED) is 0.763. The second-order valence-electron chi connectivity index (χ2n) is 6.26. The van der Waals surface area contributed by atoms with Crippen molar-refractivity contribution >= 4 is 0 Å². The smallest absolute Gasteiger partial charge is 0.0281 e. The molecule has 0 saturated carbocycles. The van der Waals surface area contributed by atoms with E-state index in [2.05, 4.69) is 49.9 Å². The minimum absolute atomic E-state index is 0.296. The third-order valence-electron chi connectivity index (χ3n) is 3.95. The van der Waals surface area contributed by atoms with Crippen LogP contribution in [0.3, 0.4) is 0 Å². The molecular formula is C14H31N3. The van der Waals surface area contributed by atoms with E-state index in [-0.39, 0.29) is 0 Å². The molecule has 17 heavy (non-hydrogen) atoms. The lowest BCUT2D eigenvalue weighted by molar-refractivity contribution is 0.0673. The molecule has 0 aliphatic carbocycles. The summed E-state index contributed by atoms with van der Waals surface area (Å²) in [6, 6.07) is 0. The minimum Gasteiger partial charge on any atom is -0.314 e. The van der Waals surface area contributed by atoms with Gasteiger partial charge >= 0.3 is 0 Å². The van der Waals surface area contributed by atoms with Crippen molar-refractivity contribution in [1.29, 1.82) is 0 Å². The summed E-state index contributed by atoms with van der Waals surface area (Å²) in [5, 5.41) is 3.43. The summed E-state index contributed by atoms with van der Waals surface area (Å²) in [5.74, 6) is 0.804. The lowest BCUT2D eigenvalue weighted by atomic mass is 10.00. The van der Waals surface area contributed by atoms with Crippen molar-refractivity contribution in [2.45, 2.75) is 39.7 Å². The van der Waals surface area contributed by atoms with Crippen LogP contribution in [0.4, 0.5) is 0 Å². The predicted molar refractivity (Wildman–Crippen MR) is 75.5 cm³/mol. The molecule has 0 spiro atoms. The summed E-state index contributed by atoms with van der Waals surface area (Å²) < 4.78 is 0. The summed E-state index contributed by atoms with van der Waals surface area (Å²) in [4.78, 5) is 5.12. The average molecular weight is 241 g/mol. The van der Waals surface area contributed by atoms with Crippen LogP contribution in [0.2, 0.25) is 0 Å². The molecule has 1 unspecified atom stereocenters. The molecule has 3 nitrogen and oxygen atoms in total. The van der Waals surface area contributed by atoms with Crippen molar-refractivity contribution in [2.75, 3.05) is 46.3 Å². The summed E-state index contributed by atoms with van der Waals surface area (Å²) in [6.45, 7) is 16.4. The van der Waals surface area contributed by atoms with E-state index < -0.39 is 0 Å². The van der Waals surface area contributed by atoms with E-state index in [1.165, 1.54) is 26.1 Å². The maximum absolute atomic E-state index is 3.43. The van der Waals surface area contributed by atoms with E-state index >= 15 is 0 Å². The van der Waals surface area contributed by atoms with E-state index in [1.54, 1.807) is 0 Å². The Hall–Kier alpha value is -0.120. The molecule has 1 N–H and O–H groups in total. The molecule has 1 heterocycles. The Morgan fingerprint density at radius 3 is 2.41 bits per heavy atom. The Balaban J connectivity index is 2.41. The Bertz CT molecular complexity index is 210. The third-order valence-corrected chi connectivity index (χ3v) is 3.95. The lowest BCUT2D eigenvalue weighted by Gasteiger charge is -2.43. The van der Waals surface area contributed by atoms with E-state index in [0.29, 0.717) is 5.54 Å². The van der Waals surface area contributed by atoms with Gasteiger partial charge in [0.15, 0.2) is 0 Å². The third kappa shape index (κ3) is 4.94. The molecule has 0 aromatic rings. The highest BCUT2D eigenvalue weighted by Gasteiger charge is 2.29. The standard InChI is InChI=1S/C14H31N3/c1-6-13(2)11-16(5)12-14(3,4)17-9-7-15-8-10-17/h13,15H,6-12H2,1-5H3. The van der Waals surface area contributed by atoms with Crippen LogP contribution in [0, 0.1) is 5.92 Å². The summed E-state index contributed by atoms with van der Waals surface area (Å²) in [6.07, 6.45) is 1.28. The maximum atomic E-state index is 3.43. The molecule has 0 bridgehead atoms. The first kappa shape index (κ1) is 14.9. The van der Waals surface area contributed by atoms with E-state index in [0.717, 1.165) is 25.6 Å². The van der Waals surface area contributed by atoms with Crippen LogP contribution < -0.4 is 5.32 Å². The highest BCUT2D eigenvalue weighted by Crippen LogP contribution is 2.17. The van der Waals surface area contributed by atoms with Gasteiger partial charge in [-0.2, -0.15) is 0 Å². The number of piperazine rings is 1. The molecule has 1 rings (SSSR count). The van der Waals surface area contributed by atoms with Crippen molar-refractivity contribution in [2.24, 2.45) is 5.92 Å². The zero-order valence-electron chi connectivity index (χ0n) is 12.4. The number of hydrogen-bond donors (Lipinski definition) is 1. The molecule has 102 valence electrons. The van der Waals surface area contributed by atoms with Crippen LogP contribution in [0.1, 0.15) is 34.1 Å². The molecule has 3 heteroatoms. The highest BCUT2D eigenvalue weighted by atomic mass is 15.3. The number of nitrogens with zero attached hydrogens (tertiary/aromatic N) is 2. The Morgan fingerprint density at radius 2 is 1.88 bits per heavy atom. The van der Waals surface area contributed by atoms with Crippen LogP contribution in [0.5, 0.6) is 0 Å². The van der Waals surface area contributed by atoms with Crippen molar-refractivity contribution in [3.05, 3.63) is 0 Å². The van der Waals surface area contributed by atoms with Gasteiger partial charge in [-0.3, -0.25) is 4.90 Å². The van der Waals surface area contributed by atoms with Gasteiger partial charge in [-0.1, -0.05) is 20.3 Å². The van der Waals surface area contributed by atoms with Gasteiger partial charge in [0.2, 0.25) is 0 Å². The van der Waals surface area contributed by atoms with Gasteiger partial charge in [0, 0.05) is 44.8 Å². The molecular weight excluding hydrogens is 210 g/mol. The van der Waals surface area contributed by atoms with Crippen LogP contribution in [-0.4, -0.2) is 61.7 Å². The molecule has 1 saturated heterocycles. The van der Waals surface area contributed by atoms with Crippen LogP contribution in [0.15, 0.2) is 0 Å². The summed E-state index contributed by atoms with van der Waals surface area (Å²) >= 11 is 0. The fourth-order valence-electron chi connectivity index (χ4n) is 2.76. The normalized spacial score (nSPS) is 20.8. The van der Waals surface area contributed by atoms with Gasteiger partial charge in [0.25, 0.3) is 0 Å². The van der Waals surface area contributed by atoms with Crippen LogP contribution in [-0.2, 0) is 0 Å². The highest BCUT2D eigenvalue weighted by molar-refractivity contribution is 4.87. The van der Waals surface area contributed by atoms with Gasteiger partial charge < -0.3 is 10.2 Å². The molecule has 0 radical (unpaired) electrons. The molecule has 1 atom stereocenters. The van der Waals surface area contributed by atoms with Gasteiger partial charge in [-0.15, -0.1) is 0 Å². The predicted octanol–water partition coefficient (Wildman–Crippen LogP) is 1.65. The van der Waals surface area contributed by atoms with E-state index in [1.807, 2.05) is 0 Å². The zero-order chi connectivity index (χ0) is 12.9.